The summed E-state index contributed by atoms with van der Waals surface area (Å²) >= 11 is 0. The normalized spacial score (nSPS) is 12.0. The third kappa shape index (κ3) is 56.1. The van der Waals surface area contributed by atoms with Gasteiger partial charge in [0.2, 0.25) is 20.8 Å². The zero-order chi connectivity index (χ0) is 34.5. The molecule has 0 saturated carbocycles. The van der Waals surface area contributed by atoms with Crippen LogP contribution < -0.4 is 0 Å². The molecule has 0 bridgehead atoms. The van der Waals surface area contributed by atoms with Crippen molar-refractivity contribution in [2.75, 3.05) is 13.2 Å². The van der Waals surface area contributed by atoms with E-state index in [0.717, 1.165) is 51.4 Å². The predicted molar refractivity (Wildman–Crippen MR) is 196 cm³/mol. The molecule has 0 rings (SSSR count). The molecule has 0 N–H and O–H groups in total. The molecule has 0 aliphatic carbocycles. The van der Waals surface area contributed by atoms with Crippen LogP contribution in [0.5, 0.6) is 0 Å². The van der Waals surface area contributed by atoms with Crippen LogP contribution in [0.15, 0.2) is 24.3 Å². The Morgan fingerprint density at radius 2 is 0.596 bits per heavy atom. The summed E-state index contributed by atoms with van der Waals surface area (Å²) in [4.78, 5) is 0. The molecule has 0 unspecified atom stereocenters. The van der Waals surface area contributed by atoms with Crippen LogP contribution in [0.3, 0.4) is 0 Å². The standard InChI is InChI=1S/2C18H36O4S.Ca/c2*1-2-3-4-5-6-7-8-9-10-11-12-13-14-15-16-17-18-22-23(19,20)21;/h2*9-10H,2-8,11-18H2,1H3,(H,19,20,21);/q;;+2/p-2. The molecule has 0 radical (unpaired) electrons. The van der Waals surface area contributed by atoms with Gasteiger partial charge < -0.3 is 9.11 Å². The van der Waals surface area contributed by atoms with Gasteiger partial charge in [-0.1, -0.05) is 154 Å². The van der Waals surface area contributed by atoms with Crippen molar-refractivity contribution >= 4 is 58.5 Å². The second kappa shape index (κ2) is 40.9. The van der Waals surface area contributed by atoms with Gasteiger partial charge in [-0.15, -0.1) is 0 Å². The van der Waals surface area contributed by atoms with E-state index in [4.69, 9.17) is 0 Å². The summed E-state index contributed by atoms with van der Waals surface area (Å²) in [6.45, 7) is 4.54. The minimum absolute atomic E-state index is 0. The molecule has 0 atom stereocenters. The van der Waals surface area contributed by atoms with E-state index in [-0.39, 0.29) is 51.0 Å². The van der Waals surface area contributed by atoms with Crippen molar-refractivity contribution in [2.45, 2.75) is 194 Å². The van der Waals surface area contributed by atoms with Crippen LogP contribution in [0, 0.1) is 0 Å². The molecule has 0 aliphatic heterocycles. The van der Waals surface area contributed by atoms with Crippen LogP contribution in [0.2, 0.25) is 0 Å². The van der Waals surface area contributed by atoms with E-state index in [1.807, 2.05) is 0 Å². The van der Waals surface area contributed by atoms with Crippen LogP contribution in [0.4, 0.5) is 0 Å². The average Bonchev–Trinajstić information content (AvgIpc) is 2.99. The fourth-order valence-electron chi connectivity index (χ4n) is 5.02. The Morgan fingerprint density at radius 3 is 0.830 bits per heavy atom. The van der Waals surface area contributed by atoms with Crippen LogP contribution in [0.25, 0.3) is 0 Å². The van der Waals surface area contributed by atoms with E-state index in [9.17, 15) is 25.9 Å². The van der Waals surface area contributed by atoms with Gasteiger partial charge in [0.25, 0.3) is 0 Å². The second-order valence-electron chi connectivity index (χ2n) is 12.3. The molecule has 0 aliphatic rings. The SMILES string of the molecule is CCCCCCCCC=CCCCCCCCCOS(=O)(=O)[O-].CCCCCCCCC=CCCCCCCCCOS(=O)(=O)[O-].[Ca+2]. The van der Waals surface area contributed by atoms with Crippen molar-refractivity contribution < 1.29 is 34.3 Å². The zero-order valence-electron chi connectivity index (χ0n) is 30.3. The Morgan fingerprint density at radius 1 is 0.383 bits per heavy atom. The summed E-state index contributed by atoms with van der Waals surface area (Å²) in [5, 5.41) is 0. The molecule has 276 valence electrons. The summed E-state index contributed by atoms with van der Waals surface area (Å²) < 4.78 is 69.6. The molecule has 8 nitrogen and oxygen atoms in total. The maximum atomic E-state index is 10.2. The summed E-state index contributed by atoms with van der Waals surface area (Å²) in [5.74, 6) is 0. The van der Waals surface area contributed by atoms with E-state index in [2.05, 4.69) is 46.5 Å². The van der Waals surface area contributed by atoms with Gasteiger partial charge in [-0.3, -0.25) is 8.37 Å². The third-order valence-electron chi connectivity index (χ3n) is 7.77. The largest absolute Gasteiger partial charge is 2.00 e. The van der Waals surface area contributed by atoms with Crippen LogP contribution in [-0.2, 0) is 29.2 Å². The van der Waals surface area contributed by atoms with Gasteiger partial charge in [-0.2, -0.15) is 0 Å². The van der Waals surface area contributed by atoms with Gasteiger partial charge in [0.15, 0.2) is 0 Å². The third-order valence-corrected chi connectivity index (χ3v) is 8.68. The van der Waals surface area contributed by atoms with Gasteiger partial charge >= 0.3 is 37.7 Å². The Labute approximate surface area is 321 Å². The smallest absolute Gasteiger partial charge is 0.726 e. The molecule has 0 aromatic carbocycles. The van der Waals surface area contributed by atoms with Crippen molar-refractivity contribution in [3.8, 4) is 0 Å². The molecule has 0 saturated heterocycles. The summed E-state index contributed by atoms with van der Waals surface area (Å²) in [7, 11) is -9.00. The quantitative estimate of drug-likeness (QED) is 0.0210. The van der Waals surface area contributed by atoms with Crippen LogP contribution >= 0.6 is 0 Å². The van der Waals surface area contributed by atoms with Crippen LogP contribution in [-0.4, -0.2) is 76.9 Å². The Balaban J connectivity index is -0.000000807. The summed E-state index contributed by atoms with van der Waals surface area (Å²) in [6.07, 6.45) is 42.7. The first-order chi connectivity index (χ1) is 22.1. The molecule has 47 heavy (non-hydrogen) atoms. The number of unbranched alkanes of at least 4 members (excludes halogenated alkanes) is 24. The summed E-state index contributed by atoms with van der Waals surface area (Å²) in [6, 6.07) is 0. The molecule has 0 spiro atoms. The van der Waals surface area contributed by atoms with Gasteiger partial charge in [0.1, 0.15) is 0 Å². The van der Waals surface area contributed by atoms with Crippen LogP contribution in [0.1, 0.15) is 194 Å². The predicted octanol–water partition coefficient (Wildman–Crippen LogP) is 10.6. The molecular formula is C36H70CaO8S2. The van der Waals surface area contributed by atoms with Crippen molar-refractivity contribution in [3.63, 3.8) is 0 Å². The van der Waals surface area contributed by atoms with Crippen molar-refractivity contribution in [3.05, 3.63) is 24.3 Å². The van der Waals surface area contributed by atoms with Crippen molar-refractivity contribution in [1.82, 2.24) is 0 Å². The monoisotopic (exact) mass is 734 g/mol. The van der Waals surface area contributed by atoms with E-state index in [0.29, 0.717) is 12.8 Å². The molecular weight excluding hydrogens is 665 g/mol. The van der Waals surface area contributed by atoms with Gasteiger partial charge in [-0.05, 0) is 64.2 Å². The van der Waals surface area contributed by atoms with E-state index in [1.54, 1.807) is 0 Å². The molecule has 11 heteroatoms. The zero-order valence-corrected chi connectivity index (χ0v) is 34.2. The summed E-state index contributed by atoms with van der Waals surface area (Å²) in [5.41, 5.74) is 0. The van der Waals surface area contributed by atoms with E-state index < -0.39 is 20.8 Å². The average molecular weight is 735 g/mol. The Bertz CT molecular complexity index is 805. The topological polar surface area (TPSA) is 133 Å². The van der Waals surface area contributed by atoms with Crippen molar-refractivity contribution in [2.24, 2.45) is 0 Å². The molecule has 0 fully saturated rings. The number of rotatable bonds is 34. The van der Waals surface area contributed by atoms with E-state index in [1.165, 1.54) is 116 Å². The number of hydrogen-bond acceptors (Lipinski definition) is 8. The first-order valence-corrected chi connectivity index (χ1v) is 21.3. The van der Waals surface area contributed by atoms with Gasteiger partial charge in [-0.25, -0.2) is 16.8 Å². The molecule has 0 aromatic heterocycles. The minimum atomic E-state index is -4.50. The first kappa shape index (κ1) is 51.8. The number of allylic oxidation sites excluding steroid dienone is 4. The fourth-order valence-corrected chi connectivity index (χ4v) is 5.67. The molecule has 0 heterocycles. The number of hydrogen-bond donors (Lipinski definition) is 0. The van der Waals surface area contributed by atoms with Gasteiger partial charge in [0, 0.05) is 0 Å². The first-order valence-electron chi connectivity index (χ1n) is 18.6. The maximum absolute atomic E-state index is 10.2. The van der Waals surface area contributed by atoms with Gasteiger partial charge in [0.05, 0.1) is 13.2 Å². The molecule has 0 aromatic rings. The molecule has 0 amide bonds. The fraction of sp³-hybridized carbons (Fsp3) is 0.889. The Kier molecular flexibility index (Phi) is 45.1. The van der Waals surface area contributed by atoms with Crippen molar-refractivity contribution in [1.29, 1.82) is 0 Å². The Hall–Kier alpha value is 0.480. The van der Waals surface area contributed by atoms with E-state index >= 15 is 0 Å². The maximum Gasteiger partial charge on any atom is 2.00 e. The minimum Gasteiger partial charge on any atom is -0.726 e. The second-order valence-corrected chi connectivity index (χ2v) is 14.4.